The van der Waals surface area contributed by atoms with Crippen LogP contribution in [0.4, 0.5) is 0 Å². The molecule has 144 valence electrons. The van der Waals surface area contributed by atoms with Gasteiger partial charge in [-0.05, 0) is 0 Å². The summed E-state index contributed by atoms with van der Waals surface area (Å²) in [5.74, 6) is 0. The van der Waals surface area contributed by atoms with Crippen molar-refractivity contribution < 1.29 is 150 Å². The summed E-state index contributed by atoms with van der Waals surface area (Å²) < 4.78 is 112. The third kappa shape index (κ3) is 13.5. The summed E-state index contributed by atoms with van der Waals surface area (Å²) in [6, 6.07) is -1.90. The van der Waals surface area contributed by atoms with Crippen LogP contribution in [0.25, 0.3) is 0 Å². The molecule has 21 heteroatoms. The fraction of sp³-hybridized carbons (Fsp3) is 1.00. The third-order valence-corrected chi connectivity index (χ3v) is 3.89. The summed E-state index contributed by atoms with van der Waals surface area (Å²) in [4.78, 5) is 0. The number of ether oxygens (including phenoxy) is 1. The second-order valence-electron chi connectivity index (χ2n) is 4.27. The van der Waals surface area contributed by atoms with Crippen LogP contribution < -0.4 is 94.4 Å². The Morgan fingerprint density at radius 2 is 1.26 bits per heavy atom. The molecule has 5 atom stereocenters. The van der Waals surface area contributed by atoms with Crippen molar-refractivity contribution in [3.05, 3.63) is 0 Å². The third-order valence-electron chi connectivity index (χ3n) is 2.55. The molecule has 0 aromatic rings. The topological polar surface area (TPSA) is 255 Å². The fourth-order valence-electron chi connectivity index (χ4n) is 1.73. The number of hydrogen-bond donors (Lipinski definition) is 2. The van der Waals surface area contributed by atoms with E-state index in [-0.39, 0.29) is 88.7 Å². The summed E-state index contributed by atoms with van der Waals surface area (Å²) in [6.45, 7) is -1.31. The Hall–Kier alpha value is 2.49. The Balaban J connectivity index is -0.00000192. The van der Waals surface area contributed by atoms with Crippen LogP contribution in [0, 0.1) is 0 Å². The van der Waals surface area contributed by atoms with E-state index in [9.17, 15) is 44.0 Å². The van der Waals surface area contributed by atoms with Gasteiger partial charge >= 0.3 is 88.7 Å². The molecule has 0 aromatic heterocycles. The van der Waals surface area contributed by atoms with E-state index < -0.39 is 68.4 Å². The van der Waals surface area contributed by atoms with Gasteiger partial charge < -0.3 is 29.2 Å². The smallest absolute Gasteiger partial charge is 0.726 e. The average molecular weight is 485 g/mol. The maximum atomic E-state index is 10.7. The molecule has 0 amide bonds. The Morgan fingerprint density at radius 1 is 0.852 bits per heavy atom. The van der Waals surface area contributed by atoms with Gasteiger partial charge in [0.25, 0.3) is 0 Å². The van der Waals surface area contributed by atoms with E-state index in [4.69, 9.17) is 5.73 Å². The molecule has 0 saturated carbocycles. The Kier molecular flexibility index (Phi) is 16.6. The number of nitrogens with two attached hydrogens (primary N) is 1. The fourth-order valence-corrected chi connectivity index (χ4v) is 3.05. The largest absolute Gasteiger partial charge is 1.00 e. The first-order chi connectivity index (χ1) is 10.6. The minimum Gasteiger partial charge on any atom is -0.726 e. The SMILES string of the molecule is N[C@H]1C(O)O[C@H](COS(=O)(=O)[O-])[C@@H](OS(=O)(=O)[O-])[C@@H]1OS(=O)(=O)[O-].[Na+].[Na+].[Na+]. The average Bonchev–Trinajstić information content (AvgIpc) is 2.32. The first-order valence-electron chi connectivity index (χ1n) is 5.56. The van der Waals surface area contributed by atoms with Gasteiger partial charge in [-0.2, -0.15) is 0 Å². The predicted octanol–water partition coefficient (Wildman–Crippen LogP) is -13.8. The molecule has 1 heterocycles. The van der Waals surface area contributed by atoms with E-state index in [1.807, 2.05) is 0 Å². The Morgan fingerprint density at radius 3 is 1.63 bits per heavy atom. The van der Waals surface area contributed by atoms with Crippen molar-refractivity contribution in [2.75, 3.05) is 6.61 Å². The molecule has 1 aliphatic rings. The molecule has 0 aliphatic carbocycles. The normalized spacial score (nSPS) is 29.0. The monoisotopic (exact) mass is 485 g/mol. The van der Waals surface area contributed by atoms with Crippen molar-refractivity contribution in [1.29, 1.82) is 0 Å². The zero-order valence-corrected chi connectivity index (χ0v) is 22.6. The molecule has 1 rings (SSSR count). The minimum atomic E-state index is -5.57. The quantitative estimate of drug-likeness (QED) is 0.193. The van der Waals surface area contributed by atoms with E-state index in [1.165, 1.54) is 0 Å². The second-order valence-corrected chi connectivity index (χ2v) is 7.34. The van der Waals surface area contributed by atoms with Crippen molar-refractivity contribution in [2.24, 2.45) is 5.73 Å². The van der Waals surface area contributed by atoms with Crippen molar-refractivity contribution in [2.45, 2.75) is 30.6 Å². The molecule has 1 fully saturated rings. The summed E-state index contributed by atoms with van der Waals surface area (Å²) >= 11 is 0. The first-order valence-corrected chi connectivity index (χ1v) is 9.56. The Bertz CT molecular complexity index is 755. The van der Waals surface area contributed by atoms with E-state index in [1.54, 1.807) is 0 Å². The number of aliphatic hydroxyl groups is 1. The van der Waals surface area contributed by atoms with E-state index in [2.05, 4.69) is 17.3 Å². The van der Waals surface area contributed by atoms with Crippen LogP contribution in [0.1, 0.15) is 0 Å². The second kappa shape index (κ2) is 13.1. The maximum Gasteiger partial charge on any atom is 1.00 e. The molecule has 0 radical (unpaired) electrons. The number of rotatable bonds is 7. The standard InChI is InChI=1S/C6H13NO14S3.3Na/c7-3-5(21-24(15,16)17)4(20-23(12,13)14)2(19-6(3)8)1-18-22(9,10)11;;;/h2-6,8H,1,7H2,(H,9,10,11)(H,12,13,14)(H,15,16,17);;;/q;3*+1/p-3/t2-,3-,4-,5-,6?;;;/m1.../s1. The Labute approximate surface area is 221 Å². The molecule has 0 aromatic carbocycles. The van der Waals surface area contributed by atoms with Gasteiger partial charge in [0.15, 0.2) is 6.29 Å². The zero-order valence-electron chi connectivity index (χ0n) is 14.2. The van der Waals surface area contributed by atoms with E-state index >= 15 is 0 Å². The van der Waals surface area contributed by atoms with Gasteiger partial charge in [-0.1, -0.05) is 0 Å². The van der Waals surface area contributed by atoms with Crippen LogP contribution in [-0.4, -0.2) is 81.3 Å². The van der Waals surface area contributed by atoms with Crippen LogP contribution in [0.2, 0.25) is 0 Å². The molecular formula is C6H10NNa3O14S3. The van der Waals surface area contributed by atoms with Crippen molar-refractivity contribution in [1.82, 2.24) is 0 Å². The van der Waals surface area contributed by atoms with Gasteiger partial charge in [-0.25, -0.2) is 25.3 Å². The molecular weight excluding hydrogens is 475 g/mol. The number of hydrogen-bond acceptors (Lipinski definition) is 15. The van der Waals surface area contributed by atoms with Gasteiger partial charge in [0, 0.05) is 0 Å². The summed E-state index contributed by atoms with van der Waals surface area (Å²) in [5, 5.41) is 9.47. The minimum absolute atomic E-state index is 0. The first kappa shape index (κ1) is 34.1. The van der Waals surface area contributed by atoms with Gasteiger partial charge in [0.1, 0.15) is 18.3 Å². The molecule has 15 nitrogen and oxygen atoms in total. The van der Waals surface area contributed by atoms with Crippen molar-refractivity contribution >= 4 is 31.2 Å². The van der Waals surface area contributed by atoms with E-state index in [0.29, 0.717) is 0 Å². The summed E-state index contributed by atoms with van der Waals surface area (Å²) in [7, 11) is -16.4. The molecule has 3 N–H and O–H groups in total. The van der Waals surface area contributed by atoms with Gasteiger partial charge in [-0.3, -0.25) is 12.5 Å². The summed E-state index contributed by atoms with van der Waals surface area (Å²) in [6.07, 6.45) is -8.74. The maximum absolute atomic E-state index is 10.7. The van der Waals surface area contributed by atoms with Crippen LogP contribution in [0.5, 0.6) is 0 Å². The van der Waals surface area contributed by atoms with Crippen LogP contribution >= 0.6 is 0 Å². The number of aliphatic hydroxyl groups excluding tert-OH is 1. The van der Waals surface area contributed by atoms with Gasteiger partial charge in [0.05, 0.1) is 12.6 Å². The van der Waals surface area contributed by atoms with Crippen molar-refractivity contribution in [3.8, 4) is 0 Å². The molecule has 0 spiro atoms. The summed E-state index contributed by atoms with van der Waals surface area (Å²) in [5.41, 5.74) is 5.28. The zero-order chi connectivity index (χ0) is 18.9. The van der Waals surface area contributed by atoms with E-state index in [0.717, 1.165) is 0 Å². The van der Waals surface area contributed by atoms with Crippen LogP contribution in [0.15, 0.2) is 0 Å². The molecule has 1 unspecified atom stereocenters. The molecule has 1 saturated heterocycles. The predicted molar refractivity (Wildman–Crippen MR) is 63.6 cm³/mol. The molecule has 0 bridgehead atoms. The molecule has 1 aliphatic heterocycles. The van der Waals surface area contributed by atoms with Gasteiger partial charge in [-0.15, -0.1) is 0 Å². The van der Waals surface area contributed by atoms with Crippen molar-refractivity contribution in [3.63, 3.8) is 0 Å². The van der Waals surface area contributed by atoms with Crippen LogP contribution in [-0.2, 0) is 48.5 Å². The van der Waals surface area contributed by atoms with Crippen LogP contribution in [0.3, 0.4) is 0 Å². The molecule has 27 heavy (non-hydrogen) atoms. The van der Waals surface area contributed by atoms with Gasteiger partial charge in [0.2, 0.25) is 31.2 Å².